The Morgan fingerprint density at radius 2 is 2.09 bits per heavy atom. The average Bonchev–Trinajstić information content (AvgIpc) is 2.80. The van der Waals surface area contributed by atoms with Crippen molar-refractivity contribution in [2.45, 2.75) is 46.1 Å². The molecule has 33 heavy (non-hydrogen) atoms. The van der Waals surface area contributed by atoms with Crippen LogP contribution in [-0.2, 0) is 22.9 Å². The Bertz CT molecular complexity index is 1140. The van der Waals surface area contributed by atoms with Gasteiger partial charge in [0.05, 0.1) is 12.3 Å². The fourth-order valence-electron chi connectivity index (χ4n) is 3.79. The molecule has 1 aliphatic heterocycles. The van der Waals surface area contributed by atoms with Gasteiger partial charge in [0.1, 0.15) is 15.7 Å². The third-order valence-corrected chi connectivity index (χ3v) is 7.25. The van der Waals surface area contributed by atoms with E-state index in [9.17, 15) is 9.00 Å². The molecule has 6 nitrogen and oxygen atoms in total. The summed E-state index contributed by atoms with van der Waals surface area (Å²) >= 11 is 6.19. The van der Waals surface area contributed by atoms with Gasteiger partial charge in [0, 0.05) is 22.9 Å². The third-order valence-electron chi connectivity index (χ3n) is 5.50. The monoisotopic (exact) mass is 489 g/mol. The largest absolute Gasteiger partial charge is 0.491 e. The topological polar surface area (TPSA) is 93.8 Å². The van der Waals surface area contributed by atoms with Gasteiger partial charge in [-0.05, 0) is 80.0 Å². The van der Waals surface area contributed by atoms with Crippen molar-refractivity contribution >= 4 is 33.1 Å². The molecular weight excluding hydrogens is 458 g/mol. The molecule has 8 heteroatoms. The predicted molar refractivity (Wildman–Crippen MR) is 136 cm³/mol. The van der Waals surface area contributed by atoms with E-state index in [1.54, 1.807) is 18.2 Å². The van der Waals surface area contributed by atoms with Crippen LogP contribution in [0.15, 0.2) is 52.9 Å². The molecule has 0 aliphatic carbocycles. The lowest BCUT2D eigenvalue weighted by Gasteiger charge is -2.15. The van der Waals surface area contributed by atoms with E-state index in [2.05, 4.69) is 9.68 Å². The fraction of sp³-hybridized carbons (Fsp3) is 0.400. The molecule has 0 bridgehead atoms. The van der Waals surface area contributed by atoms with E-state index in [0.29, 0.717) is 30.2 Å². The minimum absolute atomic E-state index is 0.0614. The molecule has 1 aliphatic rings. The molecule has 0 aromatic heterocycles. The Labute approximate surface area is 201 Å². The number of allylic oxidation sites excluding steroid dienone is 2. The summed E-state index contributed by atoms with van der Waals surface area (Å²) < 4.78 is 22.6. The quantitative estimate of drug-likeness (QED) is 0.522. The van der Waals surface area contributed by atoms with Crippen molar-refractivity contribution in [2.24, 2.45) is 15.4 Å². The Morgan fingerprint density at radius 3 is 2.88 bits per heavy atom. The molecule has 178 valence electrons. The lowest BCUT2D eigenvalue weighted by molar-refractivity contribution is 0.100. The summed E-state index contributed by atoms with van der Waals surface area (Å²) in [5.74, 6) is 0.296. The zero-order valence-corrected chi connectivity index (χ0v) is 20.8. The summed E-state index contributed by atoms with van der Waals surface area (Å²) in [4.78, 5) is 12.8. The number of ether oxygens (including phenoxy) is 1. The lowest BCUT2D eigenvalue weighted by Crippen LogP contribution is -2.23. The molecule has 2 aromatic carbocycles. The first-order valence-electron chi connectivity index (χ1n) is 11.2. The molecule has 2 aromatic rings. The zero-order valence-electron chi connectivity index (χ0n) is 19.2. The summed E-state index contributed by atoms with van der Waals surface area (Å²) in [7, 11) is -3.13. The smallest absolute Gasteiger partial charge is 0.286 e. The van der Waals surface area contributed by atoms with Crippen LogP contribution in [0.5, 0.6) is 5.75 Å². The van der Waals surface area contributed by atoms with Gasteiger partial charge in [-0.2, -0.15) is 0 Å². The van der Waals surface area contributed by atoms with E-state index < -0.39 is 15.8 Å². The summed E-state index contributed by atoms with van der Waals surface area (Å²) in [5, 5.41) is 10.00. The summed E-state index contributed by atoms with van der Waals surface area (Å²) in [6.45, 7) is 5.01. The standard InChI is InChI=1S/C25H32ClN3O3S/c1-3-4-7-18(2)17-33(27,31)29-25(30)20-10-12-24-23(15-20)28-16-21-9-11-22(26)14-19(21)8-5-6-13-32-24/h3-4,9-12,14-15,18,28H,5-8,13,16-17H2,1-2H3,(H2,27,29,30,31)/b4-3-/t18-,33?/m0/s1. The minimum atomic E-state index is -3.13. The number of halogens is 1. The normalized spacial score (nSPS) is 16.8. The van der Waals surface area contributed by atoms with Gasteiger partial charge >= 0.3 is 0 Å². The van der Waals surface area contributed by atoms with Gasteiger partial charge in [0.2, 0.25) is 0 Å². The van der Waals surface area contributed by atoms with Crippen LogP contribution in [0, 0.1) is 5.92 Å². The molecular formula is C25H32ClN3O3S. The number of hydrogen-bond acceptors (Lipinski definition) is 4. The number of fused-ring (bicyclic) bond motifs is 2. The highest BCUT2D eigenvalue weighted by atomic mass is 35.5. The van der Waals surface area contributed by atoms with Crippen molar-refractivity contribution in [3.8, 4) is 5.75 Å². The first kappa shape index (κ1) is 25.3. The molecule has 2 atom stereocenters. The molecule has 1 unspecified atom stereocenters. The van der Waals surface area contributed by atoms with Gasteiger partial charge in [-0.1, -0.05) is 36.7 Å². The molecule has 0 spiro atoms. The van der Waals surface area contributed by atoms with Crippen molar-refractivity contribution in [2.75, 3.05) is 17.7 Å². The van der Waals surface area contributed by atoms with Crippen LogP contribution in [-0.4, -0.2) is 22.5 Å². The number of nitrogens with zero attached hydrogens (tertiary/aromatic N) is 1. The maximum absolute atomic E-state index is 12.8. The van der Waals surface area contributed by atoms with E-state index in [0.717, 1.165) is 36.3 Å². The number of aryl methyl sites for hydroxylation is 1. The van der Waals surface area contributed by atoms with Gasteiger partial charge in [-0.15, -0.1) is 4.36 Å². The number of nitrogens with two attached hydrogens (primary N) is 1. The van der Waals surface area contributed by atoms with Crippen molar-refractivity contribution in [3.05, 3.63) is 70.3 Å². The Hall–Kier alpha value is -2.35. The Balaban J connectivity index is 1.83. The maximum atomic E-state index is 12.8. The zero-order chi connectivity index (χ0) is 23.8. The van der Waals surface area contributed by atoms with Crippen LogP contribution in [0.25, 0.3) is 0 Å². The highest BCUT2D eigenvalue weighted by Gasteiger charge is 2.16. The summed E-state index contributed by atoms with van der Waals surface area (Å²) in [6, 6.07) is 11.0. The van der Waals surface area contributed by atoms with Crippen LogP contribution in [0.3, 0.4) is 0 Å². The van der Waals surface area contributed by atoms with E-state index in [-0.39, 0.29) is 11.7 Å². The van der Waals surface area contributed by atoms with Crippen molar-refractivity contribution in [1.29, 1.82) is 0 Å². The van der Waals surface area contributed by atoms with Crippen LogP contribution in [0.2, 0.25) is 5.02 Å². The molecule has 0 fully saturated rings. The van der Waals surface area contributed by atoms with Crippen LogP contribution >= 0.6 is 11.6 Å². The predicted octanol–water partition coefficient (Wildman–Crippen LogP) is 5.75. The van der Waals surface area contributed by atoms with E-state index in [1.807, 2.05) is 44.2 Å². The molecule has 0 radical (unpaired) electrons. The molecule has 1 heterocycles. The van der Waals surface area contributed by atoms with Crippen molar-refractivity contribution < 1.29 is 13.7 Å². The first-order valence-corrected chi connectivity index (χ1v) is 13.4. The summed E-state index contributed by atoms with van der Waals surface area (Å²) in [6.07, 6.45) is 7.49. The minimum Gasteiger partial charge on any atom is -0.491 e. The highest BCUT2D eigenvalue weighted by molar-refractivity contribution is 7.91. The first-order chi connectivity index (χ1) is 15.8. The second kappa shape index (κ2) is 11.7. The Kier molecular flexibility index (Phi) is 8.95. The maximum Gasteiger partial charge on any atom is 0.286 e. The number of carbonyl (C=O) groups is 1. The number of nitrogens with one attached hydrogen (secondary N) is 1. The number of hydrogen-bond donors (Lipinski definition) is 2. The molecule has 3 rings (SSSR count). The number of anilines is 1. The molecule has 1 amide bonds. The number of amides is 1. The third kappa shape index (κ3) is 7.59. The van der Waals surface area contributed by atoms with Crippen LogP contribution < -0.4 is 15.2 Å². The lowest BCUT2D eigenvalue weighted by atomic mass is 10.0. The van der Waals surface area contributed by atoms with E-state index in [4.69, 9.17) is 21.5 Å². The fourth-order valence-corrected chi connectivity index (χ4v) is 5.40. The van der Waals surface area contributed by atoms with Gasteiger partial charge in [0.25, 0.3) is 5.91 Å². The SMILES string of the molecule is C/C=C\C[C@H](C)CS(N)(=O)=NC(=O)c1ccc2c(c1)NCc1ccc(Cl)cc1CCCCO2. The second-order valence-electron chi connectivity index (χ2n) is 8.45. The van der Waals surface area contributed by atoms with E-state index in [1.165, 1.54) is 5.56 Å². The van der Waals surface area contributed by atoms with Gasteiger partial charge in [0.15, 0.2) is 0 Å². The molecule has 0 saturated carbocycles. The van der Waals surface area contributed by atoms with E-state index >= 15 is 0 Å². The number of benzene rings is 2. The average molecular weight is 490 g/mol. The highest BCUT2D eigenvalue weighted by Crippen LogP contribution is 2.29. The number of carbonyl (C=O) groups excluding carboxylic acids is 1. The second-order valence-corrected chi connectivity index (χ2v) is 10.8. The van der Waals surface area contributed by atoms with Gasteiger partial charge in [-0.3, -0.25) is 4.79 Å². The number of rotatable bonds is 5. The van der Waals surface area contributed by atoms with Gasteiger partial charge < -0.3 is 10.1 Å². The van der Waals surface area contributed by atoms with Crippen LogP contribution in [0.4, 0.5) is 5.69 Å². The van der Waals surface area contributed by atoms with Crippen LogP contribution in [0.1, 0.15) is 54.6 Å². The Morgan fingerprint density at radius 1 is 1.27 bits per heavy atom. The summed E-state index contributed by atoms with van der Waals surface area (Å²) in [5.41, 5.74) is 3.35. The van der Waals surface area contributed by atoms with Gasteiger partial charge in [-0.25, -0.2) is 9.35 Å². The molecule has 3 N–H and O–H groups in total. The molecule has 0 saturated heterocycles. The van der Waals surface area contributed by atoms with Crippen molar-refractivity contribution in [3.63, 3.8) is 0 Å². The van der Waals surface area contributed by atoms with Crippen molar-refractivity contribution in [1.82, 2.24) is 0 Å².